The molecule has 1 amide bonds. The third kappa shape index (κ3) is 3.16. The van der Waals surface area contributed by atoms with Gasteiger partial charge in [-0.15, -0.1) is 0 Å². The molecule has 0 fully saturated rings. The third-order valence-electron chi connectivity index (χ3n) is 3.97. The first kappa shape index (κ1) is 14.1. The topological polar surface area (TPSA) is 32.3 Å². The Bertz CT molecular complexity index is 456. The summed E-state index contributed by atoms with van der Waals surface area (Å²) in [5.41, 5.74) is 3.83. The average molecular weight is 260 g/mol. The van der Waals surface area contributed by atoms with Crippen LogP contribution in [0.5, 0.6) is 0 Å². The fraction of sp³-hybridized carbons (Fsp3) is 0.562. The lowest BCUT2D eigenvalue weighted by atomic mass is 9.87. The summed E-state index contributed by atoms with van der Waals surface area (Å²) in [4.78, 5) is 13.3. The number of hydrogen-bond acceptors (Lipinski definition) is 2. The lowest BCUT2D eigenvalue weighted by Gasteiger charge is -2.29. The van der Waals surface area contributed by atoms with Crippen molar-refractivity contribution in [1.29, 1.82) is 0 Å². The second kappa shape index (κ2) is 6.20. The van der Waals surface area contributed by atoms with Crippen LogP contribution in [0.15, 0.2) is 18.2 Å². The number of carbonyl (C=O) groups is 1. The standard InChI is InChI=1S/C16H24N2O/c1-4-10-17-14-8-9-15-13(11-14)6-5-7-16(15)18(3)12(2)19/h5-7,14,17H,4,8-11H2,1-3H3. The Morgan fingerprint density at radius 2 is 2.26 bits per heavy atom. The second-order valence-corrected chi connectivity index (χ2v) is 5.39. The normalized spacial score (nSPS) is 17.9. The van der Waals surface area contributed by atoms with Gasteiger partial charge >= 0.3 is 0 Å². The molecule has 1 unspecified atom stereocenters. The van der Waals surface area contributed by atoms with E-state index in [0.717, 1.165) is 31.5 Å². The SMILES string of the molecule is CCCNC1CCc2c(cccc2N(C)C(C)=O)C1. The molecule has 0 saturated heterocycles. The van der Waals surface area contributed by atoms with Crippen LogP contribution in [0.4, 0.5) is 5.69 Å². The second-order valence-electron chi connectivity index (χ2n) is 5.39. The van der Waals surface area contributed by atoms with Crippen molar-refractivity contribution in [3.63, 3.8) is 0 Å². The highest BCUT2D eigenvalue weighted by atomic mass is 16.2. The molecular weight excluding hydrogens is 236 g/mol. The number of amides is 1. The molecule has 0 radical (unpaired) electrons. The molecule has 1 aliphatic carbocycles. The Balaban J connectivity index is 2.18. The monoisotopic (exact) mass is 260 g/mol. The summed E-state index contributed by atoms with van der Waals surface area (Å²) in [7, 11) is 1.86. The van der Waals surface area contributed by atoms with Gasteiger partial charge in [-0.1, -0.05) is 19.1 Å². The van der Waals surface area contributed by atoms with Gasteiger partial charge < -0.3 is 10.2 Å². The van der Waals surface area contributed by atoms with Gasteiger partial charge in [-0.2, -0.15) is 0 Å². The van der Waals surface area contributed by atoms with Crippen molar-refractivity contribution >= 4 is 11.6 Å². The quantitative estimate of drug-likeness (QED) is 0.902. The summed E-state index contributed by atoms with van der Waals surface area (Å²) in [6.07, 6.45) is 4.48. The Hall–Kier alpha value is -1.35. The summed E-state index contributed by atoms with van der Waals surface area (Å²) in [6, 6.07) is 6.91. The Morgan fingerprint density at radius 1 is 1.47 bits per heavy atom. The lowest BCUT2D eigenvalue weighted by molar-refractivity contribution is -0.116. The molecule has 1 atom stereocenters. The highest BCUT2D eigenvalue weighted by molar-refractivity contribution is 5.92. The van der Waals surface area contributed by atoms with Crippen LogP contribution < -0.4 is 10.2 Å². The zero-order chi connectivity index (χ0) is 13.8. The van der Waals surface area contributed by atoms with Gasteiger partial charge in [-0.05, 0) is 49.4 Å². The molecule has 2 rings (SSSR count). The van der Waals surface area contributed by atoms with Gasteiger partial charge in [0, 0.05) is 25.7 Å². The molecule has 0 spiro atoms. The fourth-order valence-corrected chi connectivity index (χ4v) is 2.79. The Kier molecular flexibility index (Phi) is 4.59. The van der Waals surface area contributed by atoms with Crippen LogP contribution in [0.3, 0.4) is 0 Å². The third-order valence-corrected chi connectivity index (χ3v) is 3.97. The highest BCUT2D eigenvalue weighted by Gasteiger charge is 2.22. The minimum absolute atomic E-state index is 0.0969. The van der Waals surface area contributed by atoms with Crippen LogP contribution in [0.1, 0.15) is 37.8 Å². The lowest BCUT2D eigenvalue weighted by Crippen LogP contribution is -2.35. The zero-order valence-corrected chi connectivity index (χ0v) is 12.2. The van der Waals surface area contributed by atoms with Crippen LogP contribution >= 0.6 is 0 Å². The van der Waals surface area contributed by atoms with E-state index in [1.165, 1.54) is 17.5 Å². The zero-order valence-electron chi connectivity index (χ0n) is 12.2. The molecular formula is C16H24N2O. The largest absolute Gasteiger partial charge is 0.315 e. The van der Waals surface area contributed by atoms with Gasteiger partial charge in [-0.3, -0.25) is 4.79 Å². The molecule has 0 aliphatic heterocycles. The van der Waals surface area contributed by atoms with Crippen LogP contribution in [-0.2, 0) is 17.6 Å². The van der Waals surface area contributed by atoms with Gasteiger partial charge in [0.05, 0.1) is 0 Å². The van der Waals surface area contributed by atoms with Crippen molar-refractivity contribution in [2.75, 3.05) is 18.5 Å². The number of hydrogen-bond donors (Lipinski definition) is 1. The molecule has 3 nitrogen and oxygen atoms in total. The number of carbonyl (C=O) groups excluding carboxylic acids is 1. The number of benzene rings is 1. The van der Waals surface area contributed by atoms with Crippen LogP contribution in [0.2, 0.25) is 0 Å². The maximum absolute atomic E-state index is 11.5. The molecule has 0 bridgehead atoms. The van der Waals surface area contributed by atoms with Crippen molar-refractivity contribution in [2.45, 2.75) is 45.6 Å². The molecule has 1 N–H and O–H groups in total. The first-order chi connectivity index (χ1) is 9.13. The van der Waals surface area contributed by atoms with Gasteiger partial charge in [0.15, 0.2) is 0 Å². The van der Waals surface area contributed by atoms with Crippen LogP contribution in [0.25, 0.3) is 0 Å². The predicted octanol–water partition coefficient (Wildman–Crippen LogP) is 2.53. The summed E-state index contributed by atoms with van der Waals surface area (Å²) >= 11 is 0. The highest BCUT2D eigenvalue weighted by Crippen LogP contribution is 2.30. The molecule has 104 valence electrons. The number of fused-ring (bicyclic) bond motifs is 1. The van der Waals surface area contributed by atoms with E-state index in [4.69, 9.17) is 0 Å². The maximum Gasteiger partial charge on any atom is 0.223 e. The van der Waals surface area contributed by atoms with Crippen molar-refractivity contribution in [3.8, 4) is 0 Å². The smallest absolute Gasteiger partial charge is 0.223 e. The molecule has 0 saturated carbocycles. The van der Waals surface area contributed by atoms with Gasteiger partial charge in [0.1, 0.15) is 0 Å². The minimum atomic E-state index is 0.0969. The van der Waals surface area contributed by atoms with E-state index in [0.29, 0.717) is 6.04 Å². The van der Waals surface area contributed by atoms with Crippen molar-refractivity contribution in [3.05, 3.63) is 29.3 Å². The van der Waals surface area contributed by atoms with Gasteiger partial charge in [0.25, 0.3) is 0 Å². The van der Waals surface area contributed by atoms with E-state index in [1.807, 2.05) is 7.05 Å². The predicted molar refractivity (Wildman–Crippen MR) is 79.6 cm³/mol. The van der Waals surface area contributed by atoms with E-state index in [1.54, 1.807) is 11.8 Å². The van der Waals surface area contributed by atoms with Gasteiger partial charge in [0.2, 0.25) is 5.91 Å². The summed E-state index contributed by atoms with van der Waals surface area (Å²) in [6.45, 7) is 4.91. The average Bonchev–Trinajstić information content (AvgIpc) is 2.43. The maximum atomic E-state index is 11.5. The molecule has 3 heteroatoms. The summed E-state index contributed by atoms with van der Waals surface area (Å²) < 4.78 is 0. The van der Waals surface area contributed by atoms with E-state index in [-0.39, 0.29) is 5.91 Å². The summed E-state index contributed by atoms with van der Waals surface area (Å²) in [5, 5.41) is 3.60. The van der Waals surface area contributed by atoms with Crippen LogP contribution in [0, 0.1) is 0 Å². The van der Waals surface area contributed by atoms with Crippen molar-refractivity contribution in [2.24, 2.45) is 0 Å². The molecule has 1 aromatic rings. The molecule has 1 aliphatic rings. The number of nitrogens with zero attached hydrogens (tertiary/aromatic N) is 1. The first-order valence-corrected chi connectivity index (χ1v) is 7.22. The summed E-state index contributed by atoms with van der Waals surface area (Å²) in [5.74, 6) is 0.0969. The molecule has 0 heterocycles. The van der Waals surface area contributed by atoms with Crippen molar-refractivity contribution < 1.29 is 4.79 Å². The Labute approximate surface area is 116 Å². The van der Waals surface area contributed by atoms with Crippen LogP contribution in [-0.4, -0.2) is 25.5 Å². The number of anilines is 1. The van der Waals surface area contributed by atoms with Crippen molar-refractivity contribution in [1.82, 2.24) is 5.32 Å². The van der Waals surface area contributed by atoms with E-state index < -0.39 is 0 Å². The number of nitrogens with one attached hydrogen (secondary N) is 1. The Morgan fingerprint density at radius 3 is 2.95 bits per heavy atom. The van der Waals surface area contributed by atoms with E-state index in [2.05, 4.69) is 30.4 Å². The first-order valence-electron chi connectivity index (χ1n) is 7.22. The van der Waals surface area contributed by atoms with E-state index in [9.17, 15) is 4.79 Å². The fourth-order valence-electron chi connectivity index (χ4n) is 2.79. The number of rotatable bonds is 4. The minimum Gasteiger partial charge on any atom is -0.315 e. The molecule has 19 heavy (non-hydrogen) atoms. The molecule has 0 aromatic heterocycles. The molecule has 1 aromatic carbocycles. The van der Waals surface area contributed by atoms with E-state index >= 15 is 0 Å². The van der Waals surface area contributed by atoms with Gasteiger partial charge in [-0.25, -0.2) is 0 Å².